The van der Waals surface area contributed by atoms with E-state index in [4.69, 9.17) is 4.74 Å². The molecule has 2 nitrogen and oxygen atoms in total. The van der Waals surface area contributed by atoms with Gasteiger partial charge in [-0.1, -0.05) is 68.9 Å². The van der Waals surface area contributed by atoms with Crippen molar-refractivity contribution in [2.75, 3.05) is 6.61 Å². The van der Waals surface area contributed by atoms with Crippen LogP contribution in [0, 0.1) is 6.92 Å². The lowest BCUT2D eigenvalue weighted by Gasteiger charge is -2.02. The molecule has 0 heterocycles. The van der Waals surface area contributed by atoms with E-state index in [0.717, 1.165) is 12.0 Å². The van der Waals surface area contributed by atoms with Crippen molar-refractivity contribution in [2.45, 2.75) is 58.8 Å². The fraction of sp³-hybridized carbons (Fsp3) is 0.526. The lowest BCUT2D eigenvalue weighted by atomic mass is 10.1. The highest BCUT2D eigenvalue weighted by Gasteiger charge is 2.04. The second-order valence-electron chi connectivity index (χ2n) is 5.49. The van der Waals surface area contributed by atoms with Crippen LogP contribution in [0.2, 0.25) is 0 Å². The van der Waals surface area contributed by atoms with Gasteiger partial charge in [-0.3, -0.25) is 0 Å². The number of unbranched alkanes of at least 4 members (excludes halogenated alkanes) is 6. The molecule has 0 unspecified atom stereocenters. The topological polar surface area (TPSA) is 26.3 Å². The quantitative estimate of drug-likeness (QED) is 0.325. The highest BCUT2D eigenvalue weighted by atomic mass is 16.5. The molecule has 1 aromatic rings. The third-order valence-corrected chi connectivity index (χ3v) is 3.49. The van der Waals surface area contributed by atoms with Gasteiger partial charge in [0.1, 0.15) is 6.61 Å². The van der Waals surface area contributed by atoms with Crippen LogP contribution in [0.4, 0.5) is 0 Å². The Kier molecular flexibility index (Phi) is 9.26. The second kappa shape index (κ2) is 11.1. The molecular formula is C19H28O2. The van der Waals surface area contributed by atoms with Gasteiger partial charge >= 0.3 is 5.97 Å². The number of benzene rings is 1. The van der Waals surface area contributed by atoms with Gasteiger partial charge in [-0.2, -0.15) is 0 Å². The Labute approximate surface area is 129 Å². The SMILES string of the molecule is CCCCCCCC/C=C/COC(=O)c1ccc(C)cc1. The maximum Gasteiger partial charge on any atom is 0.338 e. The number of carbonyl (C=O) groups excluding carboxylic acids is 1. The van der Waals surface area contributed by atoms with Crippen LogP contribution in [0.15, 0.2) is 36.4 Å². The molecule has 2 heteroatoms. The number of esters is 1. The molecule has 0 atom stereocenters. The summed E-state index contributed by atoms with van der Waals surface area (Å²) in [4.78, 5) is 11.7. The summed E-state index contributed by atoms with van der Waals surface area (Å²) in [5.41, 5.74) is 1.76. The first-order chi connectivity index (χ1) is 10.2. The minimum atomic E-state index is -0.251. The highest BCUT2D eigenvalue weighted by molar-refractivity contribution is 5.89. The first-order valence-corrected chi connectivity index (χ1v) is 8.13. The number of aryl methyl sites for hydroxylation is 1. The van der Waals surface area contributed by atoms with E-state index in [1.165, 1.54) is 38.5 Å². The Hall–Kier alpha value is -1.57. The van der Waals surface area contributed by atoms with Crippen molar-refractivity contribution in [2.24, 2.45) is 0 Å². The Morgan fingerprint density at radius 1 is 1.00 bits per heavy atom. The first-order valence-electron chi connectivity index (χ1n) is 8.13. The van der Waals surface area contributed by atoms with E-state index in [1.807, 2.05) is 25.1 Å². The summed E-state index contributed by atoms with van der Waals surface area (Å²) < 4.78 is 5.20. The van der Waals surface area contributed by atoms with Crippen LogP contribution in [0.5, 0.6) is 0 Å². The van der Waals surface area contributed by atoms with E-state index in [-0.39, 0.29) is 5.97 Å². The third-order valence-electron chi connectivity index (χ3n) is 3.49. The molecule has 0 aromatic heterocycles. The zero-order valence-corrected chi connectivity index (χ0v) is 13.4. The molecule has 0 saturated carbocycles. The normalized spacial score (nSPS) is 11.0. The van der Waals surface area contributed by atoms with Crippen LogP contribution < -0.4 is 0 Å². The molecule has 0 aliphatic rings. The van der Waals surface area contributed by atoms with Crippen molar-refractivity contribution in [3.63, 3.8) is 0 Å². The van der Waals surface area contributed by atoms with Gasteiger partial charge in [-0.25, -0.2) is 4.79 Å². The van der Waals surface area contributed by atoms with Gasteiger partial charge in [0.15, 0.2) is 0 Å². The van der Waals surface area contributed by atoms with E-state index >= 15 is 0 Å². The molecule has 0 N–H and O–H groups in total. The Balaban J connectivity index is 2.06. The van der Waals surface area contributed by atoms with E-state index < -0.39 is 0 Å². The van der Waals surface area contributed by atoms with E-state index in [1.54, 1.807) is 12.1 Å². The molecule has 0 radical (unpaired) electrons. The smallest absolute Gasteiger partial charge is 0.338 e. The maximum atomic E-state index is 11.7. The van der Waals surface area contributed by atoms with E-state index in [9.17, 15) is 4.79 Å². The molecule has 1 aromatic carbocycles. The fourth-order valence-corrected chi connectivity index (χ4v) is 2.13. The Bertz CT molecular complexity index is 418. The fourth-order valence-electron chi connectivity index (χ4n) is 2.13. The van der Waals surface area contributed by atoms with Crippen LogP contribution in [-0.2, 0) is 4.74 Å². The lowest BCUT2D eigenvalue weighted by Crippen LogP contribution is -2.04. The summed E-state index contributed by atoms with van der Waals surface area (Å²) in [6, 6.07) is 7.45. The van der Waals surface area contributed by atoms with Crippen molar-refractivity contribution < 1.29 is 9.53 Å². The molecule has 0 fully saturated rings. The zero-order chi connectivity index (χ0) is 15.3. The monoisotopic (exact) mass is 288 g/mol. The summed E-state index contributed by atoms with van der Waals surface area (Å²) in [6.07, 6.45) is 13.0. The second-order valence-corrected chi connectivity index (χ2v) is 5.49. The van der Waals surface area contributed by atoms with Crippen LogP contribution in [0.3, 0.4) is 0 Å². The summed E-state index contributed by atoms with van der Waals surface area (Å²) in [6.45, 7) is 4.60. The van der Waals surface area contributed by atoms with Crippen molar-refractivity contribution >= 4 is 5.97 Å². The van der Waals surface area contributed by atoms with Crippen LogP contribution in [-0.4, -0.2) is 12.6 Å². The number of allylic oxidation sites excluding steroid dienone is 1. The van der Waals surface area contributed by atoms with Gasteiger partial charge in [0.05, 0.1) is 5.56 Å². The Morgan fingerprint density at radius 3 is 2.38 bits per heavy atom. The molecule has 116 valence electrons. The van der Waals surface area contributed by atoms with E-state index in [2.05, 4.69) is 13.0 Å². The molecule has 0 saturated heterocycles. The van der Waals surface area contributed by atoms with Gasteiger partial charge < -0.3 is 4.74 Å². The van der Waals surface area contributed by atoms with Crippen LogP contribution >= 0.6 is 0 Å². The standard InChI is InChI=1S/C19H28O2/c1-3-4-5-6-7-8-9-10-11-16-21-19(20)18-14-12-17(2)13-15-18/h10-15H,3-9,16H2,1-2H3/b11-10+. The van der Waals surface area contributed by atoms with Crippen molar-refractivity contribution in [1.29, 1.82) is 0 Å². The molecule has 21 heavy (non-hydrogen) atoms. The van der Waals surface area contributed by atoms with Gasteiger partial charge in [0.25, 0.3) is 0 Å². The Morgan fingerprint density at radius 2 is 1.67 bits per heavy atom. The summed E-state index contributed by atoms with van der Waals surface area (Å²) in [5.74, 6) is -0.251. The number of hydrogen-bond donors (Lipinski definition) is 0. The van der Waals surface area contributed by atoms with E-state index in [0.29, 0.717) is 12.2 Å². The molecule has 0 spiro atoms. The molecular weight excluding hydrogens is 260 g/mol. The average molecular weight is 288 g/mol. The average Bonchev–Trinajstić information content (AvgIpc) is 2.49. The van der Waals surface area contributed by atoms with Crippen LogP contribution in [0.1, 0.15) is 67.8 Å². The number of carbonyl (C=O) groups is 1. The number of hydrogen-bond acceptors (Lipinski definition) is 2. The molecule has 1 rings (SSSR count). The van der Waals surface area contributed by atoms with Crippen LogP contribution in [0.25, 0.3) is 0 Å². The molecule has 0 aliphatic heterocycles. The van der Waals surface area contributed by atoms with Crippen molar-refractivity contribution in [1.82, 2.24) is 0 Å². The molecule has 0 amide bonds. The predicted molar refractivity (Wildman–Crippen MR) is 88.6 cm³/mol. The van der Waals surface area contributed by atoms with Gasteiger partial charge in [0, 0.05) is 0 Å². The summed E-state index contributed by atoms with van der Waals surface area (Å²) >= 11 is 0. The molecule has 0 aliphatic carbocycles. The van der Waals surface area contributed by atoms with Gasteiger partial charge in [0.2, 0.25) is 0 Å². The minimum Gasteiger partial charge on any atom is -0.458 e. The zero-order valence-electron chi connectivity index (χ0n) is 13.4. The first kappa shape index (κ1) is 17.5. The number of ether oxygens (including phenoxy) is 1. The van der Waals surface area contributed by atoms with Gasteiger partial charge in [-0.15, -0.1) is 0 Å². The maximum absolute atomic E-state index is 11.7. The summed E-state index contributed by atoms with van der Waals surface area (Å²) in [7, 11) is 0. The lowest BCUT2D eigenvalue weighted by molar-refractivity contribution is 0.0549. The number of rotatable bonds is 10. The summed E-state index contributed by atoms with van der Waals surface area (Å²) in [5, 5.41) is 0. The van der Waals surface area contributed by atoms with Gasteiger partial charge in [-0.05, 0) is 31.9 Å². The largest absolute Gasteiger partial charge is 0.458 e. The highest BCUT2D eigenvalue weighted by Crippen LogP contribution is 2.07. The third kappa shape index (κ3) is 8.34. The molecule has 0 bridgehead atoms. The predicted octanol–water partition coefficient (Wildman–Crippen LogP) is 5.46. The van der Waals surface area contributed by atoms with Crippen molar-refractivity contribution in [3.8, 4) is 0 Å². The van der Waals surface area contributed by atoms with Crippen molar-refractivity contribution in [3.05, 3.63) is 47.5 Å². The minimum absolute atomic E-state index is 0.251.